The minimum Gasteiger partial charge on any atom is -0.457 e. The number of ether oxygens (including phenoxy) is 1. The van der Waals surface area contributed by atoms with Crippen LogP contribution < -0.4 is 15.4 Å². The highest BCUT2D eigenvalue weighted by Crippen LogP contribution is 2.28. The largest absolute Gasteiger partial charge is 0.457 e. The molecule has 0 bridgehead atoms. The smallest absolute Gasteiger partial charge is 0.270 e. The van der Waals surface area contributed by atoms with Crippen molar-refractivity contribution in [1.82, 2.24) is 24.8 Å². The minimum absolute atomic E-state index is 0.215. The van der Waals surface area contributed by atoms with E-state index >= 15 is 0 Å². The number of fused-ring (bicyclic) bond motifs is 1. The van der Waals surface area contributed by atoms with Crippen molar-refractivity contribution < 1.29 is 13.9 Å². The third-order valence-corrected chi connectivity index (χ3v) is 6.58. The average molecular weight is 489 g/mol. The van der Waals surface area contributed by atoms with Gasteiger partial charge in [-0.1, -0.05) is 19.1 Å². The summed E-state index contributed by atoms with van der Waals surface area (Å²) >= 11 is 0. The first kappa shape index (κ1) is 23.7. The van der Waals surface area contributed by atoms with E-state index in [1.165, 1.54) is 6.07 Å². The van der Waals surface area contributed by atoms with Crippen LogP contribution in [-0.4, -0.2) is 51.0 Å². The summed E-state index contributed by atoms with van der Waals surface area (Å²) in [6, 6.07) is 15.7. The summed E-state index contributed by atoms with van der Waals surface area (Å²) in [5, 5.41) is 6.05. The number of imidazole rings is 1. The second-order valence-corrected chi connectivity index (χ2v) is 8.86. The van der Waals surface area contributed by atoms with E-state index in [9.17, 15) is 9.18 Å². The number of likely N-dealkylation sites (N-methyl/N-ethyl adjacent to an activating group) is 1. The number of pyridine rings is 1. The normalized spacial score (nSPS) is 15.8. The summed E-state index contributed by atoms with van der Waals surface area (Å²) in [5.74, 6) is 1.02. The standard InChI is InChI=1S/C27H29FN6O2/c1-3-34-14-6-7-18(34)17-30-26(35)24-16-20(12-13-29-24)36-19-10-11-25-23(15-19)32-27(33(25)2)31-22-9-5-4-8-21(22)28/h4-5,8-13,15-16,18H,3,6-7,14,17H2,1-2H3,(H,30,35)(H,31,32). The van der Waals surface area contributed by atoms with E-state index in [0.717, 1.165) is 31.4 Å². The number of carbonyl (C=O) groups excluding carboxylic acids is 1. The molecule has 1 saturated heterocycles. The van der Waals surface area contributed by atoms with Gasteiger partial charge in [-0.25, -0.2) is 9.37 Å². The number of nitrogens with zero attached hydrogens (tertiary/aromatic N) is 4. The second-order valence-electron chi connectivity index (χ2n) is 8.86. The lowest BCUT2D eigenvalue weighted by Crippen LogP contribution is -2.40. The summed E-state index contributed by atoms with van der Waals surface area (Å²) in [6.07, 6.45) is 3.82. The Balaban J connectivity index is 1.28. The lowest BCUT2D eigenvalue weighted by atomic mass is 10.2. The van der Waals surface area contributed by atoms with E-state index in [2.05, 4.69) is 32.4 Å². The molecule has 9 heteroatoms. The molecule has 2 aromatic carbocycles. The molecule has 8 nitrogen and oxygen atoms in total. The van der Waals surface area contributed by atoms with E-state index in [-0.39, 0.29) is 11.7 Å². The predicted octanol–water partition coefficient (Wildman–Crippen LogP) is 4.86. The number of carbonyl (C=O) groups is 1. The van der Waals surface area contributed by atoms with E-state index in [1.54, 1.807) is 36.5 Å². The number of benzene rings is 2. The van der Waals surface area contributed by atoms with Crippen molar-refractivity contribution in [1.29, 1.82) is 0 Å². The maximum atomic E-state index is 14.1. The topological polar surface area (TPSA) is 84.3 Å². The third kappa shape index (κ3) is 5.01. The van der Waals surface area contributed by atoms with Crippen LogP contribution in [0.3, 0.4) is 0 Å². The Bertz CT molecular complexity index is 1390. The number of aryl methyl sites for hydroxylation is 1. The molecule has 4 aromatic rings. The van der Waals surface area contributed by atoms with E-state index in [4.69, 9.17) is 4.74 Å². The van der Waals surface area contributed by atoms with Gasteiger partial charge >= 0.3 is 0 Å². The van der Waals surface area contributed by atoms with Gasteiger partial charge < -0.3 is 19.9 Å². The summed E-state index contributed by atoms with van der Waals surface area (Å²) in [5.41, 5.74) is 2.22. The maximum Gasteiger partial charge on any atom is 0.270 e. The maximum absolute atomic E-state index is 14.1. The molecule has 186 valence electrons. The van der Waals surface area contributed by atoms with Crippen molar-refractivity contribution in [2.75, 3.05) is 25.0 Å². The molecule has 0 radical (unpaired) electrons. The van der Waals surface area contributed by atoms with Crippen LogP contribution >= 0.6 is 0 Å². The number of aromatic nitrogens is 3. The Hall–Kier alpha value is -3.98. The van der Waals surface area contributed by atoms with E-state index < -0.39 is 0 Å². The van der Waals surface area contributed by atoms with Crippen LogP contribution in [0, 0.1) is 5.82 Å². The molecule has 0 spiro atoms. The molecule has 1 amide bonds. The average Bonchev–Trinajstić information content (AvgIpc) is 3.47. The molecule has 1 atom stereocenters. The van der Waals surface area contributed by atoms with Crippen molar-refractivity contribution in [3.8, 4) is 11.5 Å². The number of halogens is 1. The summed E-state index contributed by atoms with van der Waals surface area (Å²) in [7, 11) is 1.86. The van der Waals surface area contributed by atoms with Crippen molar-refractivity contribution in [2.24, 2.45) is 7.05 Å². The van der Waals surface area contributed by atoms with Gasteiger partial charge in [-0.15, -0.1) is 0 Å². The summed E-state index contributed by atoms with van der Waals surface area (Å²) in [4.78, 5) is 23.9. The highest BCUT2D eigenvalue weighted by Gasteiger charge is 2.23. The Morgan fingerprint density at radius 2 is 2.00 bits per heavy atom. The number of likely N-dealkylation sites (tertiary alicyclic amines) is 1. The Morgan fingerprint density at radius 1 is 1.17 bits per heavy atom. The van der Waals surface area contributed by atoms with Gasteiger partial charge in [-0.3, -0.25) is 14.7 Å². The van der Waals surface area contributed by atoms with Gasteiger partial charge in [0, 0.05) is 38.0 Å². The van der Waals surface area contributed by atoms with Crippen molar-refractivity contribution >= 4 is 28.6 Å². The molecule has 0 aliphatic carbocycles. The molecular formula is C27H29FN6O2. The van der Waals surface area contributed by atoms with Gasteiger partial charge in [-0.05, 0) is 56.3 Å². The second kappa shape index (κ2) is 10.3. The van der Waals surface area contributed by atoms with Crippen LogP contribution in [0.1, 0.15) is 30.3 Å². The highest BCUT2D eigenvalue weighted by atomic mass is 19.1. The Morgan fingerprint density at radius 3 is 2.83 bits per heavy atom. The molecule has 1 unspecified atom stereocenters. The van der Waals surface area contributed by atoms with Crippen LogP contribution in [0.2, 0.25) is 0 Å². The van der Waals surface area contributed by atoms with E-state index in [1.807, 2.05) is 29.8 Å². The van der Waals surface area contributed by atoms with Gasteiger partial charge in [0.05, 0.1) is 16.7 Å². The van der Waals surface area contributed by atoms with E-state index in [0.29, 0.717) is 46.9 Å². The van der Waals surface area contributed by atoms with Crippen LogP contribution in [0.4, 0.5) is 16.0 Å². The number of hydrogen-bond donors (Lipinski definition) is 2. The molecule has 2 N–H and O–H groups in total. The van der Waals surface area contributed by atoms with Crippen LogP contribution in [-0.2, 0) is 7.05 Å². The molecule has 0 saturated carbocycles. The Kier molecular flexibility index (Phi) is 6.81. The van der Waals surface area contributed by atoms with Gasteiger partial charge in [0.25, 0.3) is 5.91 Å². The molecule has 1 aliphatic rings. The summed E-state index contributed by atoms with van der Waals surface area (Å²) in [6.45, 7) is 4.83. The molecule has 3 heterocycles. The fourth-order valence-electron chi connectivity index (χ4n) is 4.62. The van der Waals surface area contributed by atoms with Crippen molar-refractivity contribution in [2.45, 2.75) is 25.8 Å². The number of anilines is 2. The molecule has 2 aromatic heterocycles. The number of hydrogen-bond acceptors (Lipinski definition) is 6. The number of nitrogens with one attached hydrogen (secondary N) is 2. The predicted molar refractivity (Wildman–Crippen MR) is 137 cm³/mol. The lowest BCUT2D eigenvalue weighted by Gasteiger charge is -2.22. The van der Waals surface area contributed by atoms with Crippen LogP contribution in [0.15, 0.2) is 60.8 Å². The third-order valence-electron chi connectivity index (χ3n) is 6.58. The minimum atomic E-state index is -0.350. The van der Waals surface area contributed by atoms with Crippen LogP contribution in [0.25, 0.3) is 11.0 Å². The monoisotopic (exact) mass is 488 g/mol. The van der Waals surface area contributed by atoms with Gasteiger partial charge in [-0.2, -0.15) is 0 Å². The lowest BCUT2D eigenvalue weighted by molar-refractivity contribution is 0.0936. The first-order valence-corrected chi connectivity index (χ1v) is 12.2. The quantitative estimate of drug-likeness (QED) is 0.369. The van der Waals surface area contributed by atoms with Gasteiger partial charge in [0.1, 0.15) is 23.0 Å². The molecule has 1 aliphatic heterocycles. The zero-order valence-corrected chi connectivity index (χ0v) is 20.4. The molecule has 5 rings (SSSR count). The van der Waals surface area contributed by atoms with Gasteiger partial charge in [0.2, 0.25) is 5.95 Å². The first-order chi connectivity index (χ1) is 17.5. The first-order valence-electron chi connectivity index (χ1n) is 12.2. The van der Waals surface area contributed by atoms with Crippen molar-refractivity contribution in [3.05, 3.63) is 72.3 Å². The molecular weight excluding hydrogens is 459 g/mol. The number of rotatable bonds is 8. The summed E-state index contributed by atoms with van der Waals surface area (Å²) < 4.78 is 21.9. The SMILES string of the molecule is CCN1CCCC1CNC(=O)c1cc(Oc2ccc3c(c2)nc(Nc2ccccc2F)n3C)ccn1. The molecule has 1 fully saturated rings. The number of amides is 1. The highest BCUT2D eigenvalue weighted by molar-refractivity contribution is 5.92. The number of para-hydroxylation sites is 1. The zero-order chi connectivity index (χ0) is 25.1. The van der Waals surface area contributed by atoms with Crippen molar-refractivity contribution in [3.63, 3.8) is 0 Å². The van der Waals surface area contributed by atoms with Gasteiger partial charge in [0.15, 0.2) is 0 Å². The molecule has 36 heavy (non-hydrogen) atoms. The fourth-order valence-corrected chi connectivity index (χ4v) is 4.62. The Labute approximate surface area is 209 Å². The zero-order valence-electron chi connectivity index (χ0n) is 20.4. The van der Waals surface area contributed by atoms with Crippen LogP contribution in [0.5, 0.6) is 11.5 Å². The fraction of sp³-hybridized carbons (Fsp3) is 0.296.